The normalized spacial score (nSPS) is 18.4. The molecule has 1 amide bonds. The topological polar surface area (TPSA) is 33.2 Å². The second-order valence-corrected chi connectivity index (χ2v) is 8.15. The SMILES string of the molecule is Cc1ncsc1C(=O)N1CCC[C@@H]1c1ccc(C(C)(C)C)cc1. The van der Waals surface area contributed by atoms with Gasteiger partial charge in [0.25, 0.3) is 5.91 Å². The van der Waals surface area contributed by atoms with Crippen molar-refractivity contribution in [2.75, 3.05) is 6.54 Å². The average molecular weight is 328 g/mol. The van der Waals surface area contributed by atoms with E-state index in [-0.39, 0.29) is 17.4 Å². The molecule has 0 saturated carbocycles. The number of benzene rings is 1. The number of rotatable bonds is 2. The van der Waals surface area contributed by atoms with E-state index in [1.165, 1.54) is 22.5 Å². The van der Waals surface area contributed by atoms with Gasteiger partial charge in [-0.1, -0.05) is 45.0 Å². The van der Waals surface area contributed by atoms with E-state index in [0.717, 1.165) is 30.0 Å². The van der Waals surface area contributed by atoms with Crippen molar-refractivity contribution >= 4 is 17.2 Å². The van der Waals surface area contributed by atoms with Crippen molar-refractivity contribution in [2.45, 2.75) is 52.0 Å². The maximum atomic E-state index is 12.8. The summed E-state index contributed by atoms with van der Waals surface area (Å²) in [6.07, 6.45) is 2.10. The van der Waals surface area contributed by atoms with Crippen molar-refractivity contribution in [3.8, 4) is 0 Å². The molecular formula is C19H24N2OS. The lowest BCUT2D eigenvalue weighted by molar-refractivity contribution is 0.0739. The molecule has 0 unspecified atom stereocenters. The van der Waals surface area contributed by atoms with Crippen LogP contribution in [-0.4, -0.2) is 22.3 Å². The number of likely N-dealkylation sites (tertiary alicyclic amines) is 1. The molecule has 1 aliphatic heterocycles. The molecular weight excluding hydrogens is 304 g/mol. The molecule has 0 spiro atoms. The molecule has 1 fully saturated rings. The Balaban J connectivity index is 1.84. The number of carbonyl (C=O) groups excluding carboxylic acids is 1. The van der Waals surface area contributed by atoms with Crippen LogP contribution in [0.2, 0.25) is 0 Å². The summed E-state index contributed by atoms with van der Waals surface area (Å²) in [6.45, 7) is 9.41. The monoisotopic (exact) mass is 328 g/mol. The number of nitrogens with zero attached hydrogens (tertiary/aromatic N) is 2. The summed E-state index contributed by atoms with van der Waals surface area (Å²) in [5.41, 5.74) is 5.32. The van der Waals surface area contributed by atoms with Crippen LogP contribution < -0.4 is 0 Å². The van der Waals surface area contributed by atoms with Crippen LogP contribution in [0, 0.1) is 6.92 Å². The lowest BCUT2D eigenvalue weighted by Crippen LogP contribution is -2.30. The van der Waals surface area contributed by atoms with E-state index in [1.54, 1.807) is 5.51 Å². The van der Waals surface area contributed by atoms with Gasteiger partial charge >= 0.3 is 0 Å². The molecule has 2 aromatic rings. The van der Waals surface area contributed by atoms with E-state index in [0.29, 0.717) is 0 Å². The Morgan fingerprint density at radius 3 is 2.52 bits per heavy atom. The van der Waals surface area contributed by atoms with Crippen LogP contribution >= 0.6 is 11.3 Å². The second kappa shape index (κ2) is 6.08. The minimum atomic E-state index is 0.132. The molecule has 0 bridgehead atoms. The van der Waals surface area contributed by atoms with Gasteiger partial charge in [-0.25, -0.2) is 4.98 Å². The molecule has 2 heterocycles. The van der Waals surface area contributed by atoms with Crippen molar-refractivity contribution in [3.05, 3.63) is 51.5 Å². The van der Waals surface area contributed by atoms with E-state index >= 15 is 0 Å². The molecule has 0 radical (unpaired) electrons. The molecule has 1 aliphatic rings. The number of amides is 1. The Kier molecular flexibility index (Phi) is 4.28. The highest BCUT2D eigenvalue weighted by Crippen LogP contribution is 2.35. The van der Waals surface area contributed by atoms with Crippen molar-refractivity contribution in [2.24, 2.45) is 0 Å². The fourth-order valence-corrected chi connectivity index (χ4v) is 3.96. The molecule has 122 valence electrons. The molecule has 0 N–H and O–H groups in total. The predicted molar refractivity (Wildman–Crippen MR) is 95.0 cm³/mol. The van der Waals surface area contributed by atoms with Gasteiger partial charge in [-0.3, -0.25) is 4.79 Å². The number of aromatic nitrogens is 1. The quantitative estimate of drug-likeness (QED) is 0.798. The highest BCUT2D eigenvalue weighted by molar-refractivity contribution is 7.11. The van der Waals surface area contributed by atoms with E-state index in [4.69, 9.17) is 0 Å². The van der Waals surface area contributed by atoms with Gasteiger partial charge in [0.05, 0.1) is 17.2 Å². The standard InChI is InChI=1S/C19H24N2OS/c1-13-17(23-12-20-13)18(22)21-11-5-6-16(21)14-7-9-15(10-8-14)19(2,3)4/h7-10,12,16H,5-6,11H2,1-4H3/t16-/m1/s1. The Morgan fingerprint density at radius 1 is 1.26 bits per heavy atom. The highest BCUT2D eigenvalue weighted by Gasteiger charge is 2.32. The Morgan fingerprint density at radius 2 is 1.96 bits per heavy atom. The third-order valence-corrected chi connectivity index (χ3v) is 5.53. The fourth-order valence-electron chi connectivity index (χ4n) is 3.20. The lowest BCUT2D eigenvalue weighted by atomic mass is 9.86. The maximum Gasteiger partial charge on any atom is 0.266 e. The van der Waals surface area contributed by atoms with Gasteiger partial charge in [-0.2, -0.15) is 0 Å². The third-order valence-electron chi connectivity index (χ3n) is 4.61. The number of carbonyl (C=O) groups is 1. The van der Waals surface area contributed by atoms with E-state index in [1.807, 2.05) is 11.8 Å². The number of thiazole rings is 1. The molecule has 4 heteroatoms. The van der Waals surface area contributed by atoms with Crippen LogP contribution in [0.15, 0.2) is 29.8 Å². The molecule has 3 rings (SSSR count). The van der Waals surface area contributed by atoms with Gasteiger partial charge in [-0.05, 0) is 36.3 Å². The molecule has 1 saturated heterocycles. The minimum absolute atomic E-state index is 0.132. The predicted octanol–water partition coefficient (Wildman–Crippen LogP) is 4.73. The summed E-state index contributed by atoms with van der Waals surface area (Å²) in [6, 6.07) is 8.98. The minimum Gasteiger partial charge on any atom is -0.331 e. The summed E-state index contributed by atoms with van der Waals surface area (Å²) >= 11 is 1.45. The Bertz CT molecular complexity index is 697. The van der Waals surface area contributed by atoms with E-state index in [2.05, 4.69) is 50.0 Å². The number of hydrogen-bond donors (Lipinski definition) is 0. The zero-order chi connectivity index (χ0) is 16.6. The van der Waals surface area contributed by atoms with Gasteiger partial charge in [0.15, 0.2) is 0 Å². The summed E-state index contributed by atoms with van der Waals surface area (Å²) in [5, 5.41) is 0. The summed E-state index contributed by atoms with van der Waals surface area (Å²) in [7, 11) is 0. The molecule has 1 aromatic heterocycles. The smallest absolute Gasteiger partial charge is 0.266 e. The first-order valence-electron chi connectivity index (χ1n) is 8.19. The van der Waals surface area contributed by atoms with Gasteiger partial charge < -0.3 is 4.90 Å². The molecule has 1 aromatic carbocycles. The first-order chi connectivity index (χ1) is 10.9. The van der Waals surface area contributed by atoms with Crippen LogP contribution in [-0.2, 0) is 5.41 Å². The van der Waals surface area contributed by atoms with E-state index in [9.17, 15) is 4.79 Å². The van der Waals surface area contributed by atoms with Crippen LogP contribution in [0.4, 0.5) is 0 Å². The van der Waals surface area contributed by atoms with Gasteiger partial charge in [-0.15, -0.1) is 11.3 Å². The third kappa shape index (κ3) is 3.18. The van der Waals surface area contributed by atoms with Crippen LogP contribution in [0.25, 0.3) is 0 Å². The summed E-state index contributed by atoms with van der Waals surface area (Å²) in [4.78, 5) is 19.9. The highest BCUT2D eigenvalue weighted by atomic mass is 32.1. The molecule has 1 atom stereocenters. The zero-order valence-corrected chi connectivity index (χ0v) is 15.1. The molecule has 23 heavy (non-hydrogen) atoms. The Labute approximate surface area is 142 Å². The van der Waals surface area contributed by atoms with Crippen LogP contribution in [0.1, 0.15) is 66.1 Å². The average Bonchev–Trinajstić information content (AvgIpc) is 3.14. The first-order valence-corrected chi connectivity index (χ1v) is 9.07. The van der Waals surface area contributed by atoms with Crippen molar-refractivity contribution in [1.82, 2.24) is 9.88 Å². The van der Waals surface area contributed by atoms with Crippen molar-refractivity contribution < 1.29 is 4.79 Å². The Hall–Kier alpha value is -1.68. The van der Waals surface area contributed by atoms with Crippen LogP contribution in [0.3, 0.4) is 0 Å². The van der Waals surface area contributed by atoms with Gasteiger partial charge in [0, 0.05) is 6.54 Å². The maximum absolute atomic E-state index is 12.8. The summed E-state index contributed by atoms with van der Waals surface area (Å²) in [5.74, 6) is 0.132. The molecule has 0 aliphatic carbocycles. The zero-order valence-electron chi connectivity index (χ0n) is 14.3. The second-order valence-electron chi connectivity index (χ2n) is 7.30. The van der Waals surface area contributed by atoms with Crippen molar-refractivity contribution in [1.29, 1.82) is 0 Å². The fraction of sp³-hybridized carbons (Fsp3) is 0.474. The number of hydrogen-bond acceptors (Lipinski definition) is 3. The van der Waals surface area contributed by atoms with Crippen LogP contribution in [0.5, 0.6) is 0 Å². The van der Waals surface area contributed by atoms with Crippen molar-refractivity contribution in [3.63, 3.8) is 0 Å². The first kappa shape index (κ1) is 16.2. The van der Waals surface area contributed by atoms with Gasteiger partial charge in [0.1, 0.15) is 4.88 Å². The largest absolute Gasteiger partial charge is 0.331 e. The summed E-state index contributed by atoms with van der Waals surface area (Å²) < 4.78 is 0. The van der Waals surface area contributed by atoms with E-state index < -0.39 is 0 Å². The molecule has 3 nitrogen and oxygen atoms in total. The lowest BCUT2D eigenvalue weighted by Gasteiger charge is -2.26. The van der Waals surface area contributed by atoms with Gasteiger partial charge in [0.2, 0.25) is 0 Å². The number of aryl methyl sites for hydroxylation is 1.